The molecule has 1 unspecified atom stereocenters. The Morgan fingerprint density at radius 1 is 2.17 bits per heavy atom. The van der Waals surface area contributed by atoms with Crippen molar-refractivity contribution in [2.75, 3.05) is 0 Å². The van der Waals surface area contributed by atoms with Crippen LogP contribution in [0.15, 0.2) is 0 Å². The number of hydrogen-bond acceptors (Lipinski definition) is 2. The van der Waals surface area contributed by atoms with Crippen LogP contribution in [0.5, 0.6) is 0 Å². The molecule has 0 aliphatic rings. The molecular weight excluding hydrogens is 85.0 g/mol. The predicted octanol–water partition coefficient (Wildman–Crippen LogP) is -0.548. The largest absolute Gasteiger partial charge is 0.479 e. The first-order valence-electron chi connectivity index (χ1n) is 1.90. The maximum absolute atomic E-state index is 9.58. The van der Waals surface area contributed by atoms with Gasteiger partial charge in [-0.3, -0.25) is 0 Å². The Kier molecular flexibility index (Phi) is 1.06. The van der Waals surface area contributed by atoms with Crippen molar-refractivity contribution in [3.8, 4) is 0 Å². The van der Waals surface area contributed by atoms with Gasteiger partial charge in [0.05, 0.1) is 1.37 Å². The molecule has 0 aromatic carbocycles. The van der Waals surface area contributed by atoms with Crippen LogP contribution in [0.25, 0.3) is 0 Å². The highest BCUT2D eigenvalue weighted by atomic mass is 16.5. The molecular formula is C3H6O3. The van der Waals surface area contributed by atoms with Crippen LogP contribution < -0.4 is 0 Å². The van der Waals surface area contributed by atoms with Gasteiger partial charge in [-0.1, -0.05) is 0 Å². The summed E-state index contributed by atoms with van der Waals surface area (Å²) in [7, 11) is 0. The molecule has 0 spiro atoms. The van der Waals surface area contributed by atoms with E-state index in [0.29, 0.717) is 0 Å². The summed E-state index contributed by atoms with van der Waals surface area (Å²) in [5.74, 6) is -1.53. The van der Waals surface area contributed by atoms with Gasteiger partial charge in [-0.05, 0) is 6.92 Å². The van der Waals surface area contributed by atoms with Gasteiger partial charge in [0.25, 0.3) is 0 Å². The summed E-state index contributed by atoms with van der Waals surface area (Å²) in [6.07, 6.45) is -2.33. The second kappa shape index (κ2) is 1.77. The lowest BCUT2D eigenvalue weighted by Gasteiger charge is -1.89. The van der Waals surface area contributed by atoms with Crippen molar-refractivity contribution in [2.45, 2.75) is 13.0 Å². The minimum Gasteiger partial charge on any atom is -0.479 e. The summed E-state index contributed by atoms with van der Waals surface area (Å²) >= 11 is 0. The third kappa shape index (κ3) is 1.72. The van der Waals surface area contributed by atoms with Crippen molar-refractivity contribution < 1.29 is 16.4 Å². The molecule has 36 valence electrons. The van der Waals surface area contributed by atoms with Gasteiger partial charge < -0.3 is 10.2 Å². The number of carbonyl (C=O) groups is 1. The second-order valence-electron chi connectivity index (χ2n) is 0.891. The van der Waals surface area contributed by atoms with E-state index >= 15 is 0 Å². The molecule has 3 heteroatoms. The molecule has 0 aromatic heterocycles. The number of aliphatic carboxylic acids is 1. The molecule has 0 saturated carbocycles. The first-order valence-corrected chi connectivity index (χ1v) is 1.40. The second-order valence-corrected chi connectivity index (χ2v) is 0.891. The number of carboxylic acid groups (broad SMARTS) is 1. The van der Waals surface area contributed by atoms with Crippen LogP contribution in [0.2, 0.25) is 0 Å². The monoisotopic (exact) mass is 92.0 g/mol. The standard InChI is InChI=1S/C3H6O3/c1-2(4)3(5)6/h2,4H,1H3,(H,5,6)/i2D,3+1. The van der Waals surface area contributed by atoms with E-state index in [1.54, 1.807) is 0 Å². The van der Waals surface area contributed by atoms with Gasteiger partial charge in [-0.25, -0.2) is 4.79 Å². The van der Waals surface area contributed by atoms with Gasteiger partial charge in [0.1, 0.15) is 6.08 Å². The van der Waals surface area contributed by atoms with Gasteiger partial charge >= 0.3 is 5.97 Å². The lowest BCUT2D eigenvalue weighted by Crippen LogP contribution is -2.13. The molecule has 0 aromatic rings. The van der Waals surface area contributed by atoms with Crippen LogP contribution in [0, 0.1) is 0 Å². The summed E-state index contributed by atoms with van der Waals surface area (Å²) in [5, 5.41) is 16.0. The fourth-order valence-corrected chi connectivity index (χ4v) is 0. The summed E-state index contributed by atoms with van der Waals surface area (Å²) in [5.41, 5.74) is 0. The van der Waals surface area contributed by atoms with E-state index in [4.69, 9.17) is 11.6 Å². The van der Waals surface area contributed by atoms with Gasteiger partial charge in [0.2, 0.25) is 0 Å². The first-order chi connectivity index (χ1) is 2.94. The molecule has 0 amide bonds. The highest BCUT2D eigenvalue weighted by Crippen LogP contribution is 1.73. The average molecular weight is 92.1 g/mol. The summed E-state index contributed by atoms with van der Waals surface area (Å²) in [6, 6.07) is 0. The fourth-order valence-electron chi connectivity index (χ4n) is 0. The Hall–Kier alpha value is -0.570. The Balaban J connectivity index is 3.79. The minimum atomic E-state index is -2.33. The zero-order chi connectivity index (χ0) is 6.08. The van der Waals surface area contributed by atoms with Gasteiger partial charge in [0, 0.05) is 0 Å². The molecule has 0 saturated heterocycles. The van der Waals surface area contributed by atoms with E-state index in [1.807, 2.05) is 0 Å². The van der Waals surface area contributed by atoms with E-state index in [1.165, 1.54) is 0 Å². The Labute approximate surface area is 36.6 Å². The smallest absolute Gasteiger partial charge is 0.332 e. The maximum Gasteiger partial charge on any atom is 0.332 e. The van der Waals surface area contributed by atoms with E-state index in [2.05, 4.69) is 0 Å². The Morgan fingerprint density at radius 2 is 2.33 bits per heavy atom. The minimum absolute atomic E-state index is 0.884. The Bertz CT molecular complexity index is 82.7. The third-order valence-electron chi connectivity index (χ3n) is 0.310. The molecule has 0 aliphatic carbocycles. The van der Waals surface area contributed by atoms with Crippen LogP contribution in [-0.2, 0) is 4.79 Å². The zero-order valence-corrected chi connectivity index (χ0v) is 3.30. The molecule has 0 bridgehead atoms. The molecule has 0 fully saturated rings. The van der Waals surface area contributed by atoms with Crippen molar-refractivity contribution in [1.82, 2.24) is 0 Å². The van der Waals surface area contributed by atoms with Gasteiger partial charge in [-0.15, -0.1) is 0 Å². The number of aliphatic hydroxyl groups is 1. The summed E-state index contributed by atoms with van der Waals surface area (Å²) in [6.45, 7) is 0.884. The van der Waals surface area contributed by atoms with Gasteiger partial charge in [-0.2, -0.15) is 0 Å². The molecule has 1 atom stereocenters. The number of rotatable bonds is 1. The van der Waals surface area contributed by atoms with Crippen molar-refractivity contribution in [3.05, 3.63) is 0 Å². The van der Waals surface area contributed by atoms with Crippen molar-refractivity contribution in [3.63, 3.8) is 0 Å². The average Bonchev–Trinajstić information content (AvgIpc) is 1.31. The zero-order valence-electron chi connectivity index (χ0n) is 4.30. The normalized spacial score (nSPS) is 21.3. The van der Waals surface area contributed by atoms with Crippen LogP contribution in [0.4, 0.5) is 0 Å². The molecule has 6 heavy (non-hydrogen) atoms. The highest BCUT2D eigenvalue weighted by molar-refractivity contribution is 5.71. The van der Waals surface area contributed by atoms with Crippen molar-refractivity contribution in [1.29, 1.82) is 0 Å². The number of hydrogen-bond donors (Lipinski definition) is 2. The van der Waals surface area contributed by atoms with Crippen LogP contribution in [-0.4, -0.2) is 22.3 Å². The maximum atomic E-state index is 9.58. The van der Waals surface area contributed by atoms with E-state index in [-0.39, 0.29) is 0 Å². The number of carboxylic acids is 1. The topological polar surface area (TPSA) is 57.5 Å². The Morgan fingerprint density at radius 3 is 2.33 bits per heavy atom. The molecule has 0 heterocycles. The van der Waals surface area contributed by atoms with Gasteiger partial charge in [0.15, 0.2) is 0 Å². The lowest BCUT2D eigenvalue weighted by molar-refractivity contribution is -0.145. The third-order valence-corrected chi connectivity index (χ3v) is 0.310. The molecule has 0 aliphatic heterocycles. The quantitative estimate of drug-likeness (QED) is 0.427. The molecule has 2 N–H and O–H groups in total. The summed E-state index contributed by atoms with van der Waals surface area (Å²) < 4.78 is 6.34. The van der Waals surface area contributed by atoms with Crippen molar-refractivity contribution >= 4 is 5.97 Å². The predicted molar refractivity (Wildman–Crippen MR) is 19.3 cm³/mol. The van der Waals surface area contributed by atoms with E-state index in [9.17, 15) is 4.79 Å². The van der Waals surface area contributed by atoms with E-state index < -0.39 is 12.0 Å². The fraction of sp³-hybridized carbons (Fsp3) is 0.667. The van der Waals surface area contributed by atoms with Crippen LogP contribution in [0.3, 0.4) is 0 Å². The SMILES string of the molecule is [2H]C(C)(O)[13C](=O)O. The highest BCUT2D eigenvalue weighted by Gasteiger charge is 2.01. The molecule has 3 nitrogen and oxygen atoms in total. The summed E-state index contributed by atoms with van der Waals surface area (Å²) in [4.78, 5) is 9.58. The van der Waals surface area contributed by atoms with Crippen LogP contribution >= 0.6 is 0 Å². The van der Waals surface area contributed by atoms with E-state index in [0.717, 1.165) is 6.92 Å². The van der Waals surface area contributed by atoms with Crippen LogP contribution in [0.1, 0.15) is 8.29 Å². The molecule has 0 radical (unpaired) electrons. The van der Waals surface area contributed by atoms with Crippen molar-refractivity contribution in [2.24, 2.45) is 0 Å². The lowest BCUT2D eigenvalue weighted by atomic mass is 10.6. The molecule has 0 rings (SSSR count). The first kappa shape index (κ1) is 3.61.